The Balaban J connectivity index is 2.24. The van der Waals surface area contributed by atoms with Gasteiger partial charge < -0.3 is 13.9 Å². The minimum absolute atomic E-state index is 0.0546. The van der Waals surface area contributed by atoms with Crippen LogP contribution >= 0.6 is 0 Å². The fourth-order valence-corrected chi connectivity index (χ4v) is 2.11. The third-order valence-electron chi connectivity index (χ3n) is 3.27. The second kappa shape index (κ2) is 7.26. The first-order chi connectivity index (χ1) is 12.0. The molecule has 0 aliphatic rings. The summed E-state index contributed by atoms with van der Waals surface area (Å²) in [6, 6.07) is 3.87. The molecule has 0 bridgehead atoms. The van der Waals surface area contributed by atoms with Crippen LogP contribution in [0.25, 0.3) is 0 Å². The van der Waals surface area contributed by atoms with E-state index in [1.807, 2.05) is 0 Å². The Labute approximate surface area is 142 Å². The van der Waals surface area contributed by atoms with Crippen molar-refractivity contribution in [1.82, 2.24) is 9.47 Å². The highest BCUT2D eigenvalue weighted by molar-refractivity contribution is 5.76. The van der Waals surface area contributed by atoms with Crippen molar-refractivity contribution in [3.05, 3.63) is 58.4 Å². The molecule has 0 unspecified atom stereocenters. The number of hydrogen-bond donors (Lipinski definition) is 0. The molecule has 0 aliphatic carbocycles. The van der Waals surface area contributed by atoms with Crippen molar-refractivity contribution in [3.63, 3.8) is 0 Å². The van der Waals surface area contributed by atoms with Gasteiger partial charge in [-0.05, 0) is 18.2 Å². The molecule has 0 radical (unpaired) electrons. The topological polar surface area (TPSA) is 55.5 Å². The molecule has 0 saturated carbocycles. The van der Waals surface area contributed by atoms with Gasteiger partial charge >= 0.3 is 12.4 Å². The molecule has 1 amide bonds. The van der Waals surface area contributed by atoms with Crippen LogP contribution in [0.1, 0.15) is 11.3 Å². The summed E-state index contributed by atoms with van der Waals surface area (Å²) in [6.07, 6.45) is -7.92. The lowest BCUT2D eigenvalue weighted by Crippen LogP contribution is -2.41. The minimum Gasteiger partial charge on any atom is -0.467 e. The van der Waals surface area contributed by atoms with Gasteiger partial charge in [-0.15, -0.1) is 0 Å². The Hall–Kier alpha value is -2.72. The highest BCUT2D eigenvalue weighted by Gasteiger charge is 2.34. The number of alkyl halides is 6. The maximum Gasteiger partial charge on any atom is 0.417 e. The van der Waals surface area contributed by atoms with Crippen LogP contribution < -0.4 is 5.56 Å². The molecule has 0 N–H and O–H groups in total. The van der Waals surface area contributed by atoms with Crippen molar-refractivity contribution in [2.24, 2.45) is 0 Å². The zero-order valence-electron chi connectivity index (χ0n) is 13.0. The summed E-state index contributed by atoms with van der Waals surface area (Å²) in [5.74, 6) is -1.13. The van der Waals surface area contributed by atoms with Crippen LogP contribution in [0.2, 0.25) is 0 Å². The van der Waals surface area contributed by atoms with E-state index in [9.17, 15) is 35.9 Å². The Morgan fingerprint density at radius 3 is 2.35 bits per heavy atom. The van der Waals surface area contributed by atoms with E-state index in [1.54, 1.807) is 0 Å². The van der Waals surface area contributed by atoms with E-state index >= 15 is 0 Å². The zero-order chi connectivity index (χ0) is 19.5. The number of carbonyl (C=O) groups excluding carboxylic acids is 1. The molecular formula is C15H12F6N2O3. The van der Waals surface area contributed by atoms with Crippen molar-refractivity contribution in [2.45, 2.75) is 25.4 Å². The van der Waals surface area contributed by atoms with E-state index in [2.05, 4.69) is 0 Å². The molecule has 11 heteroatoms. The first-order valence-electron chi connectivity index (χ1n) is 7.10. The van der Waals surface area contributed by atoms with Crippen molar-refractivity contribution in [3.8, 4) is 0 Å². The highest BCUT2D eigenvalue weighted by atomic mass is 19.4. The Kier molecular flexibility index (Phi) is 5.47. The van der Waals surface area contributed by atoms with Crippen LogP contribution in [-0.4, -0.2) is 28.1 Å². The number of carbonyl (C=O) groups is 1. The van der Waals surface area contributed by atoms with Crippen molar-refractivity contribution >= 4 is 5.91 Å². The van der Waals surface area contributed by atoms with Gasteiger partial charge in [0, 0.05) is 12.3 Å². The van der Waals surface area contributed by atoms with Gasteiger partial charge in [-0.3, -0.25) is 9.59 Å². The Bertz CT molecular complexity index is 808. The van der Waals surface area contributed by atoms with Gasteiger partial charge in [-0.2, -0.15) is 26.3 Å². The number of pyridine rings is 1. The molecule has 0 saturated heterocycles. The maximum atomic E-state index is 12.7. The number of amides is 1. The molecule has 26 heavy (non-hydrogen) atoms. The van der Waals surface area contributed by atoms with E-state index in [4.69, 9.17) is 4.42 Å². The van der Waals surface area contributed by atoms with E-state index in [1.165, 1.54) is 18.4 Å². The van der Waals surface area contributed by atoms with Gasteiger partial charge in [0.1, 0.15) is 18.8 Å². The third kappa shape index (κ3) is 5.39. The predicted molar refractivity (Wildman–Crippen MR) is 75.9 cm³/mol. The van der Waals surface area contributed by atoms with Crippen LogP contribution in [0.3, 0.4) is 0 Å². The number of halogens is 6. The van der Waals surface area contributed by atoms with Crippen LogP contribution in [0.4, 0.5) is 26.3 Å². The lowest BCUT2D eigenvalue weighted by Gasteiger charge is -2.23. The zero-order valence-corrected chi connectivity index (χ0v) is 13.0. The average molecular weight is 382 g/mol. The minimum atomic E-state index is -4.77. The van der Waals surface area contributed by atoms with Gasteiger partial charge in [0.15, 0.2) is 0 Å². The number of aromatic nitrogens is 1. The quantitative estimate of drug-likeness (QED) is 0.747. The lowest BCUT2D eigenvalue weighted by atomic mass is 10.2. The molecule has 0 aliphatic heterocycles. The molecule has 0 atom stereocenters. The summed E-state index contributed by atoms with van der Waals surface area (Å²) in [5.41, 5.74) is -2.14. The Morgan fingerprint density at radius 1 is 1.12 bits per heavy atom. The second-order valence-electron chi connectivity index (χ2n) is 5.33. The number of nitrogens with zero attached hydrogens (tertiary/aromatic N) is 2. The summed E-state index contributed by atoms with van der Waals surface area (Å²) >= 11 is 0. The molecule has 2 rings (SSSR count). The molecule has 5 nitrogen and oxygen atoms in total. The highest BCUT2D eigenvalue weighted by Crippen LogP contribution is 2.28. The molecular weight excluding hydrogens is 370 g/mol. The number of hydrogen-bond acceptors (Lipinski definition) is 3. The molecule has 2 aromatic rings. The molecule has 142 valence electrons. The smallest absolute Gasteiger partial charge is 0.417 e. The summed E-state index contributed by atoms with van der Waals surface area (Å²) in [5, 5.41) is 0. The van der Waals surface area contributed by atoms with Crippen molar-refractivity contribution in [2.75, 3.05) is 6.54 Å². The van der Waals surface area contributed by atoms with Gasteiger partial charge in [-0.25, -0.2) is 0 Å². The largest absolute Gasteiger partial charge is 0.467 e. The van der Waals surface area contributed by atoms with E-state index in [0.717, 1.165) is 0 Å². The van der Waals surface area contributed by atoms with Crippen molar-refractivity contribution in [1.29, 1.82) is 0 Å². The number of furan rings is 1. The molecule has 2 aromatic heterocycles. The van der Waals surface area contributed by atoms with Gasteiger partial charge in [0.2, 0.25) is 5.91 Å². The fraction of sp³-hybridized carbons (Fsp3) is 0.333. The number of rotatable bonds is 5. The van der Waals surface area contributed by atoms with Crippen LogP contribution in [-0.2, 0) is 24.1 Å². The van der Waals surface area contributed by atoms with Gasteiger partial charge in [0.25, 0.3) is 5.56 Å². The summed E-state index contributed by atoms with van der Waals surface area (Å²) in [4.78, 5) is 24.2. The molecule has 0 aromatic carbocycles. The van der Waals surface area contributed by atoms with Crippen LogP contribution in [0.15, 0.2) is 45.9 Å². The van der Waals surface area contributed by atoms with Crippen LogP contribution in [0.5, 0.6) is 0 Å². The monoisotopic (exact) mass is 382 g/mol. The van der Waals surface area contributed by atoms with E-state index in [0.29, 0.717) is 27.8 Å². The average Bonchev–Trinajstić information content (AvgIpc) is 2.99. The van der Waals surface area contributed by atoms with Gasteiger partial charge in [0.05, 0.1) is 18.4 Å². The first kappa shape index (κ1) is 19.6. The van der Waals surface area contributed by atoms with E-state index < -0.39 is 49.0 Å². The van der Waals surface area contributed by atoms with Crippen LogP contribution in [0, 0.1) is 0 Å². The Morgan fingerprint density at radius 2 is 1.81 bits per heavy atom. The standard InChI is InChI=1S/C15H12F6N2O3/c16-14(17,18)9-23(7-11-2-1-5-26-11)13(25)8-22-6-10(15(19,20)21)3-4-12(22)24/h1-6H,7-9H2. The summed E-state index contributed by atoms with van der Waals surface area (Å²) in [6.45, 7) is -3.15. The first-order valence-corrected chi connectivity index (χ1v) is 7.10. The van der Waals surface area contributed by atoms with E-state index in [-0.39, 0.29) is 5.76 Å². The SMILES string of the molecule is O=C(Cn1cc(C(F)(F)F)ccc1=O)N(Cc1ccco1)CC(F)(F)F. The summed E-state index contributed by atoms with van der Waals surface area (Å²) < 4.78 is 81.5. The lowest BCUT2D eigenvalue weighted by molar-refractivity contribution is -0.163. The molecule has 0 spiro atoms. The molecule has 2 heterocycles. The maximum absolute atomic E-state index is 12.7. The summed E-state index contributed by atoms with van der Waals surface area (Å²) in [7, 11) is 0. The van der Waals surface area contributed by atoms with Crippen molar-refractivity contribution < 1.29 is 35.6 Å². The fourth-order valence-electron chi connectivity index (χ4n) is 2.11. The third-order valence-corrected chi connectivity index (χ3v) is 3.27. The molecule has 0 fully saturated rings. The normalized spacial score (nSPS) is 12.2. The second-order valence-corrected chi connectivity index (χ2v) is 5.33. The van der Waals surface area contributed by atoms with Gasteiger partial charge in [-0.1, -0.05) is 0 Å². The predicted octanol–water partition coefficient (Wildman–Crippen LogP) is 3.05.